The molecule has 29 heavy (non-hydrogen) atoms. The second-order valence-electron chi connectivity index (χ2n) is 6.57. The van der Waals surface area contributed by atoms with Gasteiger partial charge >= 0.3 is 6.18 Å². The van der Waals surface area contributed by atoms with E-state index in [1.54, 1.807) is 19.2 Å². The van der Waals surface area contributed by atoms with E-state index >= 15 is 0 Å². The maximum Gasteiger partial charge on any atom is 0.416 e. The quantitative estimate of drug-likeness (QED) is 0.826. The molecule has 2 heterocycles. The summed E-state index contributed by atoms with van der Waals surface area (Å²) in [5.41, 5.74) is 0.494. The van der Waals surface area contributed by atoms with Crippen molar-refractivity contribution in [3.05, 3.63) is 58.9 Å². The number of carbonyl (C=O) groups is 2. The third kappa shape index (κ3) is 5.11. The zero-order valence-electron chi connectivity index (χ0n) is 15.8. The lowest BCUT2D eigenvalue weighted by molar-refractivity contribution is -0.137. The number of alkyl halides is 3. The summed E-state index contributed by atoms with van der Waals surface area (Å²) >= 11 is 0. The molecule has 2 aromatic rings. The van der Waals surface area contributed by atoms with Crippen LogP contribution < -0.4 is 5.32 Å². The number of benzene rings is 1. The van der Waals surface area contributed by atoms with Gasteiger partial charge < -0.3 is 15.0 Å². The highest BCUT2D eigenvalue weighted by Gasteiger charge is 2.33. The fraction of sp³-hybridized carbons (Fsp3) is 0.350. The normalized spacial score (nSPS) is 13.7. The Hall–Kier alpha value is -2.94. The van der Waals surface area contributed by atoms with Crippen LogP contribution in [-0.2, 0) is 28.7 Å². The van der Waals surface area contributed by atoms with Crippen molar-refractivity contribution in [1.29, 1.82) is 0 Å². The third-order valence-corrected chi connectivity index (χ3v) is 4.48. The smallest absolute Gasteiger partial charge is 0.372 e. The van der Waals surface area contributed by atoms with Gasteiger partial charge in [0, 0.05) is 49.3 Å². The molecule has 0 radical (unpaired) electrons. The Bertz CT molecular complexity index is 915. The Morgan fingerprint density at radius 2 is 2.07 bits per heavy atom. The number of hydrogen-bond donors (Lipinski definition) is 1. The van der Waals surface area contributed by atoms with E-state index in [9.17, 15) is 22.8 Å². The third-order valence-electron chi connectivity index (χ3n) is 4.48. The highest BCUT2D eigenvalue weighted by atomic mass is 19.4. The Morgan fingerprint density at radius 3 is 2.79 bits per heavy atom. The molecule has 3 rings (SSSR count). The molecule has 0 aliphatic carbocycles. The van der Waals surface area contributed by atoms with Crippen molar-refractivity contribution >= 4 is 17.5 Å². The molecule has 1 N–H and O–H groups in total. The molecule has 0 bridgehead atoms. The van der Waals surface area contributed by atoms with E-state index in [0.29, 0.717) is 19.6 Å². The number of fused-ring (bicyclic) bond motifs is 1. The molecule has 0 fully saturated rings. The van der Waals surface area contributed by atoms with Gasteiger partial charge in [0.05, 0.1) is 5.56 Å². The van der Waals surface area contributed by atoms with E-state index in [4.69, 9.17) is 4.74 Å². The maximum atomic E-state index is 13.3. The van der Waals surface area contributed by atoms with Crippen molar-refractivity contribution in [3.8, 4) is 0 Å². The molecule has 1 aliphatic heterocycles. The molecular formula is C20H20F3N3O3. The predicted molar refractivity (Wildman–Crippen MR) is 99.2 cm³/mol. The summed E-state index contributed by atoms with van der Waals surface area (Å²) in [6.07, 6.45) is -2.47. The molecule has 0 saturated heterocycles. The number of nitrogens with zero attached hydrogens (tertiary/aromatic N) is 2. The number of hydrogen-bond acceptors (Lipinski definition) is 4. The fourth-order valence-electron chi connectivity index (χ4n) is 3.10. The molecule has 1 aromatic carbocycles. The van der Waals surface area contributed by atoms with E-state index in [0.717, 1.165) is 23.4 Å². The van der Waals surface area contributed by atoms with Crippen molar-refractivity contribution < 1.29 is 27.5 Å². The van der Waals surface area contributed by atoms with Crippen molar-refractivity contribution in [2.75, 3.05) is 25.1 Å². The van der Waals surface area contributed by atoms with E-state index in [1.807, 2.05) is 6.07 Å². The molecule has 0 atom stereocenters. The van der Waals surface area contributed by atoms with Gasteiger partial charge in [-0.25, -0.2) is 0 Å². The van der Waals surface area contributed by atoms with Crippen LogP contribution in [0.2, 0.25) is 0 Å². The first-order valence-corrected chi connectivity index (χ1v) is 9.10. The molecular weight excluding hydrogens is 387 g/mol. The Morgan fingerprint density at radius 1 is 1.28 bits per heavy atom. The minimum absolute atomic E-state index is 0.105. The van der Waals surface area contributed by atoms with Gasteiger partial charge in [0.2, 0.25) is 5.91 Å². The van der Waals surface area contributed by atoms with Crippen molar-refractivity contribution in [2.45, 2.75) is 26.1 Å². The summed E-state index contributed by atoms with van der Waals surface area (Å²) in [6.45, 7) is 2.33. The van der Waals surface area contributed by atoms with Crippen LogP contribution in [0.1, 0.15) is 34.1 Å². The monoisotopic (exact) mass is 407 g/mol. The van der Waals surface area contributed by atoms with E-state index < -0.39 is 23.6 Å². The number of amides is 2. The highest BCUT2D eigenvalue weighted by Crippen LogP contribution is 2.32. The molecule has 9 heteroatoms. The van der Waals surface area contributed by atoms with Gasteiger partial charge in [-0.05, 0) is 36.8 Å². The summed E-state index contributed by atoms with van der Waals surface area (Å²) in [5, 5.41) is 2.36. The summed E-state index contributed by atoms with van der Waals surface area (Å²) in [4.78, 5) is 30.5. The second kappa shape index (κ2) is 8.60. The molecule has 6 nitrogen and oxygen atoms in total. The van der Waals surface area contributed by atoms with E-state index in [1.165, 1.54) is 11.0 Å². The number of rotatable bonds is 5. The lowest BCUT2D eigenvalue weighted by Crippen LogP contribution is -2.36. The van der Waals surface area contributed by atoms with Crippen LogP contribution in [0.5, 0.6) is 0 Å². The van der Waals surface area contributed by atoms with Gasteiger partial charge in [-0.1, -0.05) is 6.07 Å². The van der Waals surface area contributed by atoms with Crippen LogP contribution in [-0.4, -0.2) is 41.5 Å². The number of anilines is 1. The molecule has 0 saturated carbocycles. The zero-order chi connectivity index (χ0) is 21.0. The molecule has 1 aromatic heterocycles. The topological polar surface area (TPSA) is 71.5 Å². The number of ether oxygens (including phenoxy) is 1. The number of carbonyl (C=O) groups excluding carboxylic acids is 2. The van der Waals surface area contributed by atoms with Crippen LogP contribution in [0.3, 0.4) is 0 Å². The number of nitrogens with one attached hydrogen (secondary N) is 1. The summed E-state index contributed by atoms with van der Waals surface area (Å²) in [5.74, 6) is -1.13. The summed E-state index contributed by atoms with van der Waals surface area (Å²) in [6, 6.07) is 6.45. The standard InChI is InChI=1S/C20H20F3N3O3/c1-2-29-12-18(27)25-16-9-14(8-15(10-16)20(21,22)23)19(28)26-7-5-17-13(11-26)4-3-6-24-17/h3-4,6,8-10H,2,5,7,11-12H2,1H3,(H,25,27). The first kappa shape index (κ1) is 20.8. The number of pyridine rings is 1. The molecule has 0 spiro atoms. The average Bonchev–Trinajstić information content (AvgIpc) is 2.70. The van der Waals surface area contributed by atoms with Crippen LogP contribution in [0.15, 0.2) is 36.5 Å². The molecule has 1 aliphatic rings. The minimum atomic E-state index is -4.66. The number of aromatic nitrogens is 1. The predicted octanol–water partition coefficient (Wildman–Crippen LogP) is 3.27. The first-order chi connectivity index (χ1) is 13.8. The lowest BCUT2D eigenvalue weighted by Gasteiger charge is -2.28. The first-order valence-electron chi connectivity index (χ1n) is 9.10. The molecule has 0 unspecified atom stereocenters. The van der Waals surface area contributed by atoms with Crippen LogP contribution >= 0.6 is 0 Å². The Labute approximate surface area is 165 Å². The maximum absolute atomic E-state index is 13.3. The van der Waals surface area contributed by atoms with Gasteiger partial charge in [0.25, 0.3) is 5.91 Å². The Kier molecular flexibility index (Phi) is 6.17. The SMILES string of the molecule is CCOCC(=O)Nc1cc(C(=O)N2CCc3ncccc3C2)cc(C(F)(F)F)c1. The average molecular weight is 407 g/mol. The fourth-order valence-corrected chi connectivity index (χ4v) is 3.10. The summed E-state index contributed by atoms with van der Waals surface area (Å²) < 4.78 is 44.9. The van der Waals surface area contributed by atoms with Crippen molar-refractivity contribution in [2.24, 2.45) is 0 Å². The van der Waals surface area contributed by atoms with Crippen molar-refractivity contribution in [1.82, 2.24) is 9.88 Å². The molecule has 2 amide bonds. The van der Waals surface area contributed by atoms with Crippen LogP contribution in [0.4, 0.5) is 18.9 Å². The highest BCUT2D eigenvalue weighted by molar-refractivity contribution is 5.98. The van der Waals surface area contributed by atoms with Gasteiger partial charge in [-0.3, -0.25) is 14.6 Å². The van der Waals surface area contributed by atoms with Crippen LogP contribution in [0, 0.1) is 0 Å². The lowest BCUT2D eigenvalue weighted by atomic mass is 10.0. The van der Waals surface area contributed by atoms with Crippen LogP contribution in [0.25, 0.3) is 0 Å². The molecule has 154 valence electrons. The Balaban J connectivity index is 1.86. The van der Waals surface area contributed by atoms with Gasteiger partial charge in [-0.2, -0.15) is 13.2 Å². The van der Waals surface area contributed by atoms with E-state index in [-0.39, 0.29) is 24.4 Å². The largest absolute Gasteiger partial charge is 0.416 e. The second-order valence-corrected chi connectivity index (χ2v) is 6.57. The van der Waals surface area contributed by atoms with Gasteiger partial charge in [0.1, 0.15) is 6.61 Å². The van der Waals surface area contributed by atoms with Crippen molar-refractivity contribution in [3.63, 3.8) is 0 Å². The van der Waals surface area contributed by atoms with Gasteiger partial charge in [0.15, 0.2) is 0 Å². The van der Waals surface area contributed by atoms with E-state index in [2.05, 4.69) is 10.3 Å². The minimum Gasteiger partial charge on any atom is -0.372 e. The summed E-state index contributed by atoms with van der Waals surface area (Å²) in [7, 11) is 0. The van der Waals surface area contributed by atoms with Gasteiger partial charge in [-0.15, -0.1) is 0 Å². The zero-order valence-corrected chi connectivity index (χ0v) is 15.8. The number of halogens is 3.